The smallest absolute Gasteiger partial charge is 0.159 e. The van der Waals surface area contributed by atoms with Crippen LogP contribution in [0.1, 0.15) is 24.2 Å². The Kier molecular flexibility index (Phi) is 5.51. The molecule has 0 saturated carbocycles. The summed E-state index contributed by atoms with van der Waals surface area (Å²) in [5, 5.41) is 12.7. The van der Waals surface area contributed by atoms with Crippen LogP contribution in [0.2, 0.25) is 0 Å². The Balaban J connectivity index is 2.65. The van der Waals surface area contributed by atoms with Crippen LogP contribution < -0.4 is 5.32 Å². The van der Waals surface area contributed by atoms with E-state index in [0.717, 1.165) is 5.69 Å². The fourth-order valence-corrected chi connectivity index (χ4v) is 2.22. The third kappa shape index (κ3) is 4.06. The molecular weight excluding hydrogens is 234 g/mol. The van der Waals surface area contributed by atoms with Crippen LogP contribution in [0.4, 0.5) is 5.69 Å². The van der Waals surface area contributed by atoms with E-state index < -0.39 is 0 Å². The average molecular weight is 253 g/mol. The fraction of sp³-hybridized carbons (Fsp3) is 0.462. The Morgan fingerprint density at radius 1 is 1.41 bits per heavy atom. The van der Waals surface area contributed by atoms with E-state index in [1.807, 2.05) is 37.4 Å². The van der Waals surface area contributed by atoms with Gasteiger partial charge in [-0.1, -0.05) is 0 Å². The predicted molar refractivity (Wildman–Crippen MR) is 73.9 cm³/mol. The van der Waals surface area contributed by atoms with Gasteiger partial charge in [0.1, 0.15) is 0 Å². The molecule has 1 aromatic carbocycles. The van der Waals surface area contributed by atoms with Crippen molar-refractivity contribution in [1.82, 2.24) is 0 Å². The van der Waals surface area contributed by atoms with Crippen LogP contribution in [0.15, 0.2) is 24.3 Å². The molecule has 4 heteroatoms. The Bertz CT molecular complexity index is 360. The number of Topliss-reactive ketones (excluding diaryl/α,β-unsaturated/α-hetero) is 1. The van der Waals surface area contributed by atoms with E-state index in [4.69, 9.17) is 0 Å². The van der Waals surface area contributed by atoms with Gasteiger partial charge in [0.25, 0.3) is 0 Å². The van der Waals surface area contributed by atoms with Gasteiger partial charge in [-0.3, -0.25) is 4.79 Å². The Labute approximate surface area is 107 Å². The summed E-state index contributed by atoms with van der Waals surface area (Å²) in [6, 6.07) is 7.58. The number of carbonyl (C=O) groups excluding carboxylic acids is 1. The number of hydrogen-bond donors (Lipinski definition) is 2. The second kappa shape index (κ2) is 6.67. The van der Waals surface area contributed by atoms with Crippen LogP contribution in [0.3, 0.4) is 0 Å². The summed E-state index contributed by atoms with van der Waals surface area (Å²) in [4.78, 5) is 11.1. The Morgan fingerprint density at radius 2 is 2.00 bits per heavy atom. The third-order valence-corrected chi connectivity index (χ3v) is 3.89. The lowest BCUT2D eigenvalue weighted by Crippen LogP contribution is -2.30. The summed E-state index contributed by atoms with van der Waals surface area (Å²) in [5.74, 6) is 0.0712. The first kappa shape index (κ1) is 14.1. The lowest BCUT2D eigenvalue weighted by Gasteiger charge is -2.22. The molecule has 2 unspecified atom stereocenters. The van der Waals surface area contributed by atoms with Crippen LogP contribution in [0.25, 0.3) is 0 Å². The lowest BCUT2D eigenvalue weighted by atomic mass is 10.1. The third-order valence-electron chi connectivity index (χ3n) is 2.73. The van der Waals surface area contributed by atoms with Crippen LogP contribution in [0, 0.1) is 0 Å². The number of aliphatic hydroxyl groups excluding tert-OH is 1. The number of anilines is 1. The first-order valence-electron chi connectivity index (χ1n) is 5.59. The number of rotatable bonds is 6. The van der Waals surface area contributed by atoms with Crippen molar-refractivity contribution in [1.29, 1.82) is 0 Å². The van der Waals surface area contributed by atoms with Gasteiger partial charge in [0, 0.05) is 22.5 Å². The number of aliphatic hydroxyl groups is 1. The van der Waals surface area contributed by atoms with Crippen LogP contribution in [-0.4, -0.2) is 35.0 Å². The molecule has 1 aromatic rings. The summed E-state index contributed by atoms with van der Waals surface area (Å²) < 4.78 is 0. The van der Waals surface area contributed by atoms with E-state index in [0.29, 0.717) is 5.56 Å². The van der Waals surface area contributed by atoms with E-state index in [1.165, 1.54) is 0 Å². The van der Waals surface area contributed by atoms with E-state index in [2.05, 4.69) is 5.32 Å². The number of thioether (sulfide) groups is 1. The van der Waals surface area contributed by atoms with Crippen molar-refractivity contribution in [3.8, 4) is 0 Å². The van der Waals surface area contributed by atoms with Crippen LogP contribution in [-0.2, 0) is 0 Å². The highest BCUT2D eigenvalue weighted by molar-refractivity contribution is 7.99. The molecule has 0 aliphatic carbocycles. The zero-order valence-electron chi connectivity index (χ0n) is 10.4. The molecule has 94 valence electrons. The van der Waals surface area contributed by atoms with E-state index in [9.17, 15) is 9.90 Å². The van der Waals surface area contributed by atoms with Crippen molar-refractivity contribution in [3.05, 3.63) is 29.8 Å². The molecule has 3 nitrogen and oxygen atoms in total. The maximum atomic E-state index is 11.1. The molecule has 0 fully saturated rings. The van der Waals surface area contributed by atoms with Gasteiger partial charge in [-0.15, -0.1) is 0 Å². The lowest BCUT2D eigenvalue weighted by molar-refractivity contribution is 0.101. The van der Waals surface area contributed by atoms with Crippen molar-refractivity contribution in [2.75, 3.05) is 18.2 Å². The molecule has 0 spiro atoms. The van der Waals surface area contributed by atoms with Gasteiger partial charge in [-0.25, -0.2) is 0 Å². The molecule has 2 N–H and O–H groups in total. The predicted octanol–water partition coefficient (Wildman–Crippen LogP) is 2.41. The van der Waals surface area contributed by atoms with Gasteiger partial charge in [0.05, 0.1) is 6.61 Å². The van der Waals surface area contributed by atoms with Crippen molar-refractivity contribution < 1.29 is 9.90 Å². The first-order valence-corrected chi connectivity index (χ1v) is 6.88. The molecule has 0 aliphatic heterocycles. The molecule has 17 heavy (non-hydrogen) atoms. The quantitative estimate of drug-likeness (QED) is 0.764. The van der Waals surface area contributed by atoms with E-state index in [-0.39, 0.29) is 23.7 Å². The monoisotopic (exact) mass is 253 g/mol. The van der Waals surface area contributed by atoms with Crippen molar-refractivity contribution in [2.45, 2.75) is 25.1 Å². The standard InChI is InChI=1S/C13H19NO2S/c1-9(13(8-15)17-3)14-12-6-4-11(5-7-12)10(2)16/h4-7,9,13-15H,8H2,1-3H3. The first-order chi connectivity index (χ1) is 8.08. The highest BCUT2D eigenvalue weighted by Crippen LogP contribution is 2.17. The molecule has 0 heterocycles. The van der Waals surface area contributed by atoms with Gasteiger partial charge in [-0.2, -0.15) is 11.8 Å². The van der Waals surface area contributed by atoms with Crippen molar-refractivity contribution in [3.63, 3.8) is 0 Å². The average Bonchev–Trinajstić information content (AvgIpc) is 2.31. The molecule has 0 aliphatic rings. The Morgan fingerprint density at radius 3 is 2.41 bits per heavy atom. The highest BCUT2D eigenvalue weighted by atomic mass is 32.2. The minimum absolute atomic E-state index is 0.0712. The topological polar surface area (TPSA) is 49.3 Å². The van der Waals surface area contributed by atoms with Gasteiger partial charge in [0.2, 0.25) is 0 Å². The molecule has 0 amide bonds. The van der Waals surface area contributed by atoms with Gasteiger partial charge >= 0.3 is 0 Å². The summed E-state index contributed by atoms with van der Waals surface area (Å²) in [6.07, 6.45) is 1.98. The van der Waals surface area contributed by atoms with E-state index in [1.54, 1.807) is 18.7 Å². The molecule has 2 atom stereocenters. The number of hydrogen-bond acceptors (Lipinski definition) is 4. The molecule has 1 rings (SSSR count). The number of ketones is 1. The molecule has 0 radical (unpaired) electrons. The van der Waals surface area contributed by atoms with Crippen LogP contribution >= 0.6 is 11.8 Å². The van der Waals surface area contributed by atoms with Gasteiger partial charge in [-0.05, 0) is 44.4 Å². The summed E-state index contributed by atoms with van der Waals surface area (Å²) in [7, 11) is 0. The van der Waals surface area contributed by atoms with Crippen LogP contribution in [0.5, 0.6) is 0 Å². The maximum absolute atomic E-state index is 11.1. The fourth-order valence-electron chi connectivity index (χ4n) is 1.59. The van der Waals surface area contributed by atoms with Crippen molar-refractivity contribution >= 4 is 23.2 Å². The second-order valence-electron chi connectivity index (χ2n) is 4.02. The normalized spacial score (nSPS) is 14.1. The highest BCUT2D eigenvalue weighted by Gasteiger charge is 2.14. The SMILES string of the molecule is CSC(CO)C(C)Nc1ccc(C(C)=O)cc1. The van der Waals surface area contributed by atoms with Gasteiger partial charge < -0.3 is 10.4 Å². The van der Waals surface area contributed by atoms with Crippen molar-refractivity contribution in [2.24, 2.45) is 0 Å². The molecule has 0 aromatic heterocycles. The number of nitrogens with one attached hydrogen (secondary N) is 1. The largest absolute Gasteiger partial charge is 0.395 e. The number of benzene rings is 1. The minimum Gasteiger partial charge on any atom is -0.395 e. The summed E-state index contributed by atoms with van der Waals surface area (Å²) in [6.45, 7) is 3.75. The van der Waals surface area contributed by atoms with Gasteiger partial charge in [0.15, 0.2) is 5.78 Å². The van der Waals surface area contributed by atoms with E-state index >= 15 is 0 Å². The number of carbonyl (C=O) groups is 1. The second-order valence-corrected chi connectivity index (χ2v) is 5.10. The molecule has 0 saturated heterocycles. The zero-order valence-corrected chi connectivity index (χ0v) is 11.3. The summed E-state index contributed by atoms with van der Waals surface area (Å²) in [5.41, 5.74) is 1.68. The minimum atomic E-state index is 0.0712. The summed E-state index contributed by atoms with van der Waals surface area (Å²) >= 11 is 1.64. The molecular formula is C13H19NO2S. The molecule has 0 bridgehead atoms. The maximum Gasteiger partial charge on any atom is 0.159 e. The zero-order chi connectivity index (χ0) is 12.8. The Hall–Kier alpha value is -1.00.